The van der Waals surface area contributed by atoms with Gasteiger partial charge in [0.05, 0.1) is 25.2 Å². The van der Waals surface area contributed by atoms with Crippen LogP contribution < -0.4 is 48.3 Å². The van der Waals surface area contributed by atoms with E-state index in [0.29, 0.717) is 52.5 Å². The minimum absolute atomic E-state index is 0.0598. The maximum absolute atomic E-state index is 15.2. The first kappa shape index (κ1) is 73.0. The Kier molecular flexibility index (Phi) is 26.3. The van der Waals surface area contributed by atoms with Gasteiger partial charge in [0, 0.05) is 78.3 Å². The Morgan fingerprint density at radius 3 is 1.58 bits per heavy atom. The number of unbranched alkanes of at least 4 members (excludes halogenated alkanes) is 1. The quantitative estimate of drug-likeness (QED) is 0.0266. The van der Waals surface area contributed by atoms with E-state index in [0.717, 1.165) is 15.8 Å². The molecule has 10 atom stereocenters. The van der Waals surface area contributed by atoms with E-state index in [4.69, 9.17) is 5.73 Å². The van der Waals surface area contributed by atoms with Gasteiger partial charge in [0.2, 0.25) is 53.2 Å². The second-order valence-corrected chi connectivity index (χ2v) is 24.9. The molecule has 9 amide bonds. The number of likely N-dealkylation sites (tertiary alicyclic amines) is 1. The largest absolute Gasteiger partial charge is 0.481 e. The van der Waals surface area contributed by atoms with Crippen LogP contribution in [0.3, 0.4) is 0 Å². The van der Waals surface area contributed by atoms with Gasteiger partial charge >= 0.3 is 17.9 Å². The molecule has 3 aromatic carbocycles. The summed E-state index contributed by atoms with van der Waals surface area (Å²) in [4.78, 5) is 180. The number of benzene rings is 3. The molecule has 29 nitrogen and oxygen atoms in total. The van der Waals surface area contributed by atoms with Gasteiger partial charge in [0.15, 0.2) is 0 Å². The van der Waals surface area contributed by atoms with Crippen molar-refractivity contribution in [2.75, 3.05) is 6.54 Å². The molecule has 1 fully saturated rings. The number of rotatable bonds is 36. The highest BCUT2D eigenvalue weighted by Gasteiger charge is 2.41. The molecule has 7 rings (SSSR count). The molecule has 0 aliphatic carbocycles. The number of fused-ring (bicyclic) bond motifs is 2. The lowest BCUT2D eigenvalue weighted by Gasteiger charge is -2.29. The molecule has 0 bridgehead atoms. The fraction of sp³-hybridized carbons (Fsp3) is 0.448. The first-order valence-corrected chi connectivity index (χ1v) is 32.1. The smallest absolute Gasteiger partial charge is 0.326 e. The summed E-state index contributed by atoms with van der Waals surface area (Å²) in [5, 5.41) is 52.2. The van der Waals surface area contributed by atoms with Gasteiger partial charge in [0.1, 0.15) is 54.4 Å². The van der Waals surface area contributed by atoms with Crippen molar-refractivity contribution >= 4 is 92.9 Å². The van der Waals surface area contributed by atoms with E-state index in [1.807, 2.05) is 39.0 Å². The number of para-hydroxylation sites is 2. The lowest BCUT2D eigenvalue weighted by molar-refractivity contribution is -0.144. The molecule has 16 N–H and O–H groups in total. The van der Waals surface area contributed by atoms with Crippen LogP contribution in [0, 0.1) is 11.8 Å². The topological polar surface area (TPSA) is 451 Å². The lowest BCUT2D eigenvalue weighted by Crippen LogP contribution is -2.62. The Morgan fingerprint density at radius 1 is 0.562 bits per heavy atom. The summed E-state index contributed by atoms with van der Waals surface area (Å²) in [7, 11) is 0. The number of carboxylic acid groups (broad SMARTS) is 3. The van der Waals surface area contributed by atoms with Crippen molar-refractivity contribution in [3.63, 3.8) is 0 Å². The number of aromatic nitrogens is 4. The highest BCUT2D eigenvalue weighted by Crippen LogP contribution is 2.23. The van der Waals surface area contributed by atoms with E-state index >= 15 is 9.59 Å². The van der Waals surface area contributed by atoms with Crippen molar-refractivity contribution in [1.82, 2.24) is 67.4 Å². The zero-order valence-corrected chi connectivity index (χ0v) is 54.1. The molecule has 0 radical (unpaired) electrons. The number of nitrogens with two attached hydrogens (primary N) is 1. The number of hydrogen-bond acceptors (Lipinski definition) is 14. The molecule has 514 valence electrons. The van der Waals surface area contributed by atoms with Crippen LogP contribution in [0.25, 0.3) is 21.8 Å². The van der Waals surface area contributed by atoms with Gasteiger partial charge in [-0.05, 0) is 66.3 Å². The van der Waals surface area contributed by atoms with E-state index in [1.165, 1.54) is 12.5 Å². The molecule has 4 heterocycles. The number of H-pyrrole nitrogens is 3. The summed E-state index contributed by atoms with van der Waals surface area (Å²) >= 11 is 0. The van der Waals surface area contributed by atoms with Crippen LogP contribution in [0.15, 0.2) is 104 Å². The summed E-state index contributed by atoms with van der Waals surface area (Å²) in [6.45, 7) is 8.89. The summed E-state index contributed by atoms with van der Waals surface area (Å²) in [6.07, 6.45) is 5.28. The average molecular weight is 1330 g/mol. The fourth-order valence-electron chi connectivity index (χ4n) is 11.6. The number of aromatic amines is 3. The molecule has 0 spiro atoms. The van der Waals surface area contributed by atoms with Crippen LogP contribution in [0.4, 0.5) is 0 Å². The summed E-state index contributed by atoms with van der Waals surface area (Å²) in [6, 6.07) is 8.27. The molecule has 29 heteroatoms. The van der Waals surface area contributed by atoms with Gasteiger partial charge in [0.25, 0.3) is 0 Å². The van der Waals surface area contributed by atoms with Crippen molar-refractivity contribution in [3.8, 4) is 0 Å². The van der Waals surface area contributed by atoms with E-state index < -0.39 is 150 Å². The highest BCUT2D eigenvalue weighted by atomic mass is 16.4. The second-order valence-electron chi connectivity index (χ2n) is 24.9. The zero-order chi connectivity index (χ0) is 69.8. The van der Waals surface area contributed by atoms with Gasteiger partial charge in [-0.15, -0.1) is 0 Å². The number of amides is 9. The highest BCUT2D eigenvalue weighted by molar-refractivity contribution is 6.00. The van der Waals surface area contributed by atoms with Gasteiger partial charge in [-0.25, -0.2) is 9.78 Å². The van der Waals surface area contributed by atoms with Gasteiger partial charge in [-0.2, -0.15) is 0 Å². The zero-order valence-electron chi connectivity index (χ0n) is 54.1. The van der Waals surface area contributed by atoms with Crippen molar-refractivity contribution in [1.29, 1.82) is 0 Å². The predicted octanol–water partition coefficient (Wildman–Crippen LogP) is 1.77. The van der Waals surface area contributed by atoms with Crippen LogP contribution >= 0.6 is 0 Å². The molecule has 96 heavy (non-hydrogen) atoms. The monoisotopic (exact) mass is 1330 g/mol. The first-order valence-electron chi connectivity index (χ1n) is 32.1. The normalized spacial score (nSPS) is 15.8. The van der Waals surface area contributed by atoms with Crippen molar-refractivity contribution in [2.45, 2.75) is 172 Å². The van der Waals surface area contributed by atoms with Crippen molar-refractivity contribution in [2.24, 2.45) is 17.6 Å². The van der Waals surface area contributed by atoms with Crippen molar-refractivity contribution in [3.05, 3.63) is 126 Å². The van der Waals surface area contributed by atoms with E-state index in [-0.39, 0.29) is 57.4 Å². The molecular formula is C67H86N14O15. The van der Waals surface area contributed by atoms with E-state index in [9.17, 15) is 63.3 Å². The summed E-state index contributed by atoms with van der Waals surface area (Å²) in [5.41, 5.74) is 9.28. The molecule has 3 aromatic heterocycles. The maximum atomic E-state index is 15.2. The predicted molar refractivity (Wildman–Crippen MR) is 351 cm³/mol. The van der Waals surface area contributed by atoms with Gasteiger partial charge in [-0.3, -0.25) is 52.7 Å². The van der Waals surface area contributed by atoms with Crippen LogP contribution in [0.5, 0.6) is 0 Å². The number of imidazole rings is 1. The Labute approximate surface area is 553 Å². The summed E-state index contributed by atoms with van der Waals surface area (Å²) < 4.78 is 0. The molecule has 1 aliphatic rings. The Morgan fingerprint density at radius 2 is 1.05 bits per heavy atom. The first-order chi connectivity index (χ1) is 45.8. The standard InChI is InChI=1S/C67H86N14O15/c1-6-7-20-47(67(95)96)73-58(86)48(25-36(2)3)74-60(88)50(27-39-32-70-45-21-13-11-18-42(39)45)79-65(93)57(37(4)5)80-63(91)51(28-40-33-71-46-22-14-12-19-43(40)46)76-59(87)49(26-38-16-9-8-10-17-38)75-62(90)53(31-56(84)85)77-61(89)52(29-41-34-69-35-72-41)78-64(92)54-23-15-24-81(54)66(94)44(68)30-55(82)83/h8-14,16-19,21-22,32-37,44,47-54,57,70-71H,6-7,15,20,23-31,68H2,1-5H3,(H,69,72)(H,73,86)(H,74,88)(H,75,90)(H,76,87)(H,77,89)(H,78,92)(H,79,93)(H,80,91)(H,82,83)(H,84,85)(H,95,96)/t44-,47-,48-,49-,50+,51+,52-,53-,54+,57-/m0/s1. The number of nitrogens with zero attached hydrogens (tertiary/aromatic N) is 2. The van der Waals surface area contributed by atoms with Crippen molar-refractivity contribution < 1.29 is 72.9 Å². The lowest BCUT2D eigenvalue weighted by atomic mass is 9.98. The maximum Gasteiger partial charge on any atom is 0.326 e. The third kappa shape index (κ3) is 20.5. The van der Waals surface area contributed by atoms with Crippen LogP contribution in [-0.4, -0.2) is 178 Å². The number of carbonyl (C=O) groups excluding carboxylic acids is 9. The number of hydrogen-bond donors (Lipinski definition) is 15. The molecular weight excluding hydrogens is 1240 g/mol. The van der Waals surface area contributed by atoms with Crippen LogP contribution in [0.1, 0.15) is 108 Å². The van der Waals surface area contributed by atoms with Gasteiger partial charge in [-0.1, -0.05) is 114 Å². The third-order valence-electron chi connectivity index (χ3n) is 16.6. The number of carbonyl (C=O) groups is 12. The number of nitrogens with one attached hydrogen (secondary N) is 11. The van der Waals surface area contributed by atoms with Crippen LogP contribution in [0.2, 0.25) is 0 Å². The Bertz CT molecular complexity index is 3720. The van der Waals surface area contributed by atoms with E-state index in [2.05, 4.69) is 62.5 Å². The van der Waals surface area contributed by atoms with Crippen LogP contribution in [-0.2, 0) is 83.2 Å². The van der Waals surface area contributed by atoms with Gasteiger partial charge < -0.3 is 83.4 Å². The Hall–Kier alpha value is -10.4. The average Bonchev–Trinajstić information content (AvgIpc) is 1.66. The second kappa shape index (κ2) is 34.6. The molecule has 0 saturated carbocycles. The molecule has 0 unspecified atom stereocenters. The minimum Gasteiger partial charge on any atom is -0.481 e. The molecule has 1 aliphatic heterocycles. The fourth-order valence-corrected chi connectivity index (χ4v) is 11.6. The Balaban J connectivity index is 1.16. The molecule has 6 aromatic rings. The molecule has 1 saturated heterocycles. The number of carboxylic acids is 3. The summed E-state index contributed by atoms with van der Waals surface area (Å²) in [5.74, 6) is -13.0. The number of aliphatic carboxylic acids is 3. The SMILES string of the molecule is CCCC[C@H](NC(=O)[C@H](CC(C)C)NC(=O)[C@@H](Cc1c[nH]c2ccccc12)NC(=O)[C@@H](NC(=O)[C@@H](Cc1c[nH]c2ccccc12)NC(=O)[C@H](Cc1ccccc1)NC(=O)[C@H](CC(=O)O)NC(=O)[C@H](Cc1cnc[nH]1)NC(=O)[C@H]1CCCN1C(=O)[C@@H](N)CC(=O)O)C(C)C)C(=O)O. The third-order valence-corrected chi connectivity index (χ3v) is 16.6. The minimum atomic E-state index is -1.92. The van der Waals surface area contributed by atoms with E-state index in [1.54, 1.807) is 86.9 Å².